The molecule has 1 atom stereocenters. The average Bonchev–Trinajstić information content (AvgIpc) is 2.65. The van der Waals surface area contributed by atoms with Gasteiger partial charge in [0.2, 0.25) is 0 Å². The van der Waals surface area contributed by atoms with Gasteiger partial charge in [0.05, 0.1) is 0 Å². The van der Waals surface area contributed by atoms with Gasteiger partial charge in [0, 0.05) is 5.75 Å². The van der Waals surface area contributed by atoms with E-state index >= 15 is 0 Å². The minimum absolute atomic E-state index is 0.611. The van der Waals surface area contributed by atoms with Crippen LogP contribution in [0.4, 0.5) is 0 Å². The Morgan fingerprint density at radius 2 is 1.67 bits per heavy atom. The third-order valence-electron chi connectivity index (χ3n) is 4.51. The smallest absolute Gasteiger partial charge is 0.134 e. The number of ether oxygens (including phenoxy) is 1. The summed E-state index contributed by atoms with van der Waals surface area (Å²) in [5.41, 5.74) is 2.75. The predicted octanol–water partition coefficient (Wildman–Crippen LogP) is 6.62. The summed E-state index contributed by atoms with van der Waals surface area (Å²) in [6.07, 6.45) is 1.17. The quantitative estimate of drug-likeness (QED) is 0.354. The van der Waals surface area contributed by atoms with Crippen LogP contribution in [0.3, 0.4) is 0 Å². The molecule has 2 heteroatoms. The fourth-order valence-electron chi connectivity index (χ4n) is 2.81. The third kappa shape index (κ3) is 4.12. The Balaban J connectivity index is 1.53. The molecule has 3 rings (SSSR count). The van der Waals surface area contributed by atoms with Gasteiger partial charge >= 0.3 is 0 Å². The van der Waals surface area contributed by atoms with Gasteiger partial charge in [0.1, 0.15) is 11.7 Å². The molecule has 0 aliphatic rings. The normalized spacial score (nSPS) is 12.2. The highest BCUT2D eigenvalue weighted by molar-refractivity contribution is 7.98. The first kappa shape index (κ1) is 16.9. The zero-order valence-corrected chi connectivity index (χ0v) is 15.2. The highest BCUT2D eigenvalue weighted by Gasteiger charge is 2.03. The van der Waals surface area contributed by atoms with Crippen LogP contribution in [-0.4, -0.2) is 5.94 Å². The van der Waals surface area contributed by atoms with Crippen LogP contribution in [0.5, 0.6) is 5.75 Å². The molecular weight excluding hydrogens is 312 g/mol. The Morgan fingerprint density at radius 1 is 0.917 bits per heavy atom. The van der Waals surface area contributed by atoms with Gasteiger partial charge in [-0.05, 0) is 46.4 Å². The summed E-state index contributed by atoms with van der Waals surface area (Å²) in [7, 11) is 0. The van der Waals surface area contributed by atoms with Gasteiger partial charge in [-0.15, -0.1) is 11.8 Å². The van der Waals surface area contributed by atoms with Gasteiger partial charge in [-0.1, -0.05) is 68.4 Å². The molecule has 0 bridgehead atoms. The van der Waals surface area contributed by atoms with Crippen LogP contribution in [0, 0.1) is 0 Å². The molecule has 0 saturated carbocycles. The van der Waals surface area contributed by atoms with E-state index in [1.165, 1.54) is 28.3 Å². The van der Waals surface area contributed by atoms with Crippen LogP contribution in [0.25, 0.3) is 10.8 Å². The maximum atomic E-state index is 5.87. The lowest BCUT2D eigenvalue weighted by Gasteiger charge is -2.11. The van der Waals surface area contributed by atoms with Crippen LogP contribution in [0.15, 0.2) is 66.7 Å². The standard InChI is InChI=1S/C22H24OS/c1-3-17(2)18-11-13-21(14-12-18)23-16-24-15-20-9-6-8-19-7-4-5-10-22(19)20/h4-14,17H,3,15-16H2,1-2H3. The van der Waals surface area contributed by atoms with Gasteiger partial charge in [-0.2, -0.15) is 0 Å². The van der Waals surface area contributed by atoms with Crippen LogP contribution in [0.2, 0.25) is 0 Å². The molecule has 0 heterocycles. The lowest BCUT2D eigenvalue weighted by atomic mass is 9.99. The van der Waals surface area contributed by atoms with Gasteiger partial charge in [-0.3, -0.25) is 0 Å². The molecule has 124 valence electrons. The molecule has 1 unspecified atom stereocenters. The molecule has 0 radical (unpaired) electrons. The van der Waals surface area contributed by atoms with Crippen molar-refractivity contribution in [2.75, 3.05) is 5.94 Å². The average molecular weight is 336 g/mol. The highest BCUT2D eigenvalue weighted by atomic mass is 32.2. The van der Waals surface area contributed by atoms with Gasteiger partial charge in [0.25, 0.3) is 0 Å². The maximum absolute atomic E-state index is 5.87. The van der Waals surface area contributed by atoms with Crippen molar-refractivity contribution >= 4 is 22.5 Å². The zero-order chi connectivity index (χ0) is 16.8. The van der Waals surface area contributed by atoms with Crippen LogP contribution >= 0.6 is 11.8 Å². The summed E-state index contributed by atoms with van der Waals surface area (Å²) in [6, 6.07) is 23.6. The second-order valence-corrected chi connectivity index (χ2v) is 7.06. The van der Waals surface area contributed by atoms with Crippen molar-refractivity contribution in [2.24, 2.45) is 0 Å². The molecule has 0 fully saturated rings. The van der Waals surface area contributed by atoms with E-state index in [4.69, 9.17) is 4.74 Å². The van der Waals surface area contributed by atoms with E-state index in [9.17, 15) is 0 Å². The SMILES string of the molecule is CCC(C)c1ccc(OCSCc2cccc3ccccc23)cc1. The molecule has 0 N–H and O–H groups in total. The Hall–Kier alpha value is -1.93. The van der Waals surface area contributed by atoms with E-state index in [-0.39, 0.29) is 0 Å². The summed E-state index contributed by atoms with van der Waals surface area (Å²) in [4.78, 5) is 0. The molecular formula is C22H24OS. The summed E-state index contributed by atoms with van der Waals surface area (Å²) < 4.78 is 5.87. The molecule has 1 nitrogen and oxygen atoms in total. The first-order chi connectivity index (χ1) is 11.8. The zero-order valence-electron chi connectivity index (χ0n) is 14.4. The Morgan fingerprint density at radius 3 is 2.46 bits per heavy atom. The monoisotopic (exact) mass is 336 g/mol. The fourth-order valence-corrected chi connectivity index (χ4v) is 3.58. The first-order valence-electron chi connectivity index (χ1n) is 8.55. The highest BCUT2D eigenvalue weighted by Crippen LogP contribution is 2.24. The minimum Gasteiger partial charge on any atom is -0.483 e. The van der Waals surface area contributed by atoms with Crippen molar-refractivity contribution in [2.45, 2.75) is 31.9 Å². The van der Waals surface area contributed by atoms with Crippen molar-refractivity contribution < 1.29 is 4.74 Å². The largest absolute Gasteiger partial charge is 0.483 e. The van der Waals surface area contributed by atoms with Crippen molar-refractivity contribution in [1.82, 2.24) is 0 Å². The molecule has 0 aliphatic heterocycles. The Labute approximate surface area is 149 Å². The van der Waals surface area contributed by atoms with Crippen molar-refractivity contribution in [3.05, 3.63) is 77.9 Å². The fraction of sp³-hybridized carbons (Fsp3) is 0.273. The number of hydrogen-bond acceptors (Lipinski definition) is 2. The molecule has 24 heavy (non-hydrogen) atoms. The second-order valence-electron chi connectivity index (χ2n) is 6.13. The van der Waals surface area contributed by atoms with Gasteiger partial charge in [0.15, 0.2) is 0 Å². The minimum atomic E-state index is 0.611. The number of hydrogen-bond donors (Lipinski definition) is 0. The van der Waals surface area contributed by atoms with Crippen molar-refractivity contribution in [3.63, 3.8) is 0 Å². The summed E-state index contributed by atoms with van der Waals surface area (Å²) in [5.74, 6) is 3.20. The topological polar surface area (TPSA) is 9.23 Å². The molecule has 0 spiro atoms. The molecule has 3 aromatic rings. The van der Waals surface area contributed by atoms with Crippen LogP contribution in [-0.2, 0) is 5.75 Å². The van der Waals surface area contributed by atoms with E-state index in [1.807, 2.05) is 11.8 Å². The third-order valence-corrected chi connectivity index (χ3v) is 5.31. The Bertz CT molecular complexity index is 774. The summed E-state index contributed by atoms with van der Waals surface area (Å²) in [5, 5.41) is 2.64. The van der Waals surface area contributed by atoms with Crippen LogP contribution < -0.4 is 4.74 Å². The number of benzene rings is 3. The summed E-state index contributed by atoms with van der Waals surface area (Å²) in [6.45, 7) is 4.48. The number of rotatable bonds is 7. The van der Waals surface area contributed by atoms with E-state index < -0.39 is 0 Å². The molecule has 0 amide bonds. The van der Waals surface area contributed by atoms with E-state index in [0.29, 0.717) is 11.9 Å². The van der Waals surface area contributed by atoms with E-state index in [2.05, 4.69) is 80.6 Å². The predicted molar refractivity (Wildman–Crippen MR) is 106 cm³/mol. The lowest BCUT2D eigenvalue weighted by molar-refractivity contribution is 0.392. The van der Waals surface area contributed by atoms with Gasteiger partial charge < -0.3 is 4.74 Å². The van der Waals surface area contributed by atoms with Crippen LogP contribution in [0.1, 0.15) is 37.3 Å². The molecule has 0 aliphatic carbocycles. The van der Waals surface area contributed by atoms with Crippen molar-refractivity contribution in [1.29, 1.82) is 0 Å². The maximum Gasteiger partial charge on any atom is 0.134 e. The van der Waals surface area contributed by atoms with Crippen molar-refractivity contribution in [3.8, 4) is 5.75 Å². The summed E-state index contributed by atoms with van der Waals surface area (Å²) >= 11 is 1.81. The molecule has 0 saturated heterocycles. The van der Waals surface area contributed by atoms with E-state index in [1.54, 1.807) is 0 Å². The Kier molecular flexibility index (Phi) is 5.81. The first-order valence-corrected chi connectivity index (χ1v) is 9.70. The van der Waals surface area contributed by atoms with E-state index in [0.717, 1.165) is 11.5 Å². The number of fused-ring (bicyclic) bond motifs is 1. The lowest BCUT2D eigenvalue weighted by Crippen LogP contribution is -1.95. The van der Waals surface area contributed by atoms with Gasteiger partial charge in [-0.25, -0.2) is 0 Å². The molecule has 0 aromatic heterocycles. The number of thioether (sulfide) groups is 1. The molecule has 3 aromatic carbocycles. The second kappa shape index (κ2) is 8.25.